The second kappa shape index (κ2) is 5.50. The normalized spacial score (nSPS) is 11.2. The number of nitrogens with zero attached hydrogens (tertiary/aromatic N) is 3. The Labute approximate surface area is 116 Å². The van der Waals surface area contributed by atoms with E-state index >= 15 is 0 Å². The van der Waals surface area contributed by atoms with Gasteiger partial charge in [-0.05, 0) is 19.1 Å². The van der Waals surface area contributed by atoms with Gasteiger partial charge in [-0.2, -0.15) is 0 Å². The summed E-state index contributed by atoms with van der Waals surface area (Å²) in [6, 6.07) is 8.26. The third-order valence-electron chi connectivity index (χ3n) is 3.15. The number of rotatable bonds is 5. The summed E-state index contributed by atoms with van der Waals surface area (Å²) >= 11 is 1.63. The molecule has 0 atom stereocenters. The summed E-state index contributed by atoms with van der Waals surface area (Å²) in [4.78, 5) is 8.82. The maximum atomic E-state index is 4.57. The summed E-state index contributed by atoms with van der Waals surface area (Å²) in [5.41, 5.74) is 5.25. The molecule has 0 saturated heterocycles. The molecule has 4 nitrogen and oxygen atoms in total. The molecule has 98 valence electrons. The molecule has 5 heteroatoms. The van der Waals surface area contributed by atoms with Gasteiger partial charge in [0.25, 0.3) is 0 Å². The van der Waals surface area contributed by atoms with E-state index in [-0.39, 0.29) is 0 Å². The summed E-state index contributed by atoms with van der Waals surface area (Å²) < 4.78 is 2.25. The van der Waals surface area contributed by atoms with Crippen LogP contribution in [-0.2, 0) is 13.1 Å². The van der Waals surface area contributed by atoms with Gasteiger partial charge in [0.1, 0.15) is 5.82 Å². The van der Waals surface area contributed by atoms with Gasteiger partial charge in [0.2, 0.25) is 0 Å². The first kappa shape index (κ1) is 12.3. The van der Waals surface area contributed by atoms with Crippen molar-refractivity contribution in [1.29, 1.82) is 0 Å². The minimum Gasteiger partial charge on any atom is -0.327 e. The van der Waals surface area contributed by atoms with Crippen LogP contribution in [0.5, 0.6) is 0 Å². The number of fused-ring (bicyclic) bond motifs is 1. The smallest absolute Gasteiger partial charge is 0.106 e. The van der Waals surface area contributed by atoms with Crippen molar-refractivity contribution in [1.82, 2.24) is 19.9 Å². The molecule has 3 rings (SSSR count). The van der Waals surface area contributed by atoms with Gasteiger partial charge in [-0.15, -0.1) is 11.3 Å². The highest BCUT2D eigenvalue weighted by atomic mass is 32.1. The largest absolute Gasteiger partial charge is 0.327 e. The zero-order valence-corrected chi connectivity index (χ0v) is 11.7. The Hall–Kier alpha value is -1.72. The van der Waals surface area contributed by atoms with E-state index in [4.69, 9.17) is 0 Å². The zero-order chi connectivity index (χ0) is 13.1. The van der Waals surface area contributed by atoms with Gasteiger partial charge < -0.3 is 9.88 Å². The van der Waals surface area contributed by atoms with Crippen molar-refractivity contribution in [3.63, 3.8) is 0 Å². The van der Waals surface area contributed by atoms with Crippen molar-refractivity contribution >= 4 is 22.4 Å². The fraction of sp³-hybridized carbons (Fsp3) is 0.286. The highest BCUT2D eigenvalue weighted by molar-refractivity contribution is 7.07. The molecule has 2 heterocycles. The highest BCUT2D eigenvalue weighted by Crippen LogP contribution is 2.14. The number of hydrogen-bond acceptors (Lipinski definition) is 4. The van der Waals surface area contributed by atoms with Crippen LogP contribution in [0.15, 0.2) is 35.2 Å². The Kier molecular flexibility index (Phi) is 3.57. The average Bonchev–Trinajstić information content (AvgIpc) is 3.02. The van der Waals surface area contributed by atoms with E-state index < -0.39 is 0 Å². The molecule has 0 spiro atoms. The second-order valence-corrected chi connectivity index (χ2v) is 5.17. The number of hydrogen-bond donors (Lipinski definition) is 1. The maximum absolute atomic E-state index is 4.57. The van der Waals surface area contributed by atoms with Gasteiger partial charge in [0, 0.05) is 25.0 Å². The Morgan fingerprint density at radius 3 is 3.05 bits per heavy atom. The van der Waals surface area contributed by atoms with Crippen LogP contribution >= 0.6 is 11.3 Å². The quantitative estimate of drug-likeness (QED) is 0.726. The summed E-state index contributed by atoms with van der Waals surface area (Å²) in [6.07, 6.45) is 0. The number of aryl methyl sites for hydroxylation is 1. The standard InChI is InChI=1S/C14H16N4S/c1-11-17-13-4-2-3-5-14(13)18(11)7-6-15-8-12-9-19-10-16-12/h2-5,9-10,15H,6-8H2,1H3. The van der Waals surface area contributed by atoms with Gasteiger partial charge in [-0.25, -0.2) is 9.97 Å². The van der Waals surface area contributed by atoms with Gasteiger partial charge in [0.05, 0.1) is 22.2 Å². The van der Waals surface area contributed by atoms with Gasteiger partial charge in [-0.3, -0.25) is 0 Å². The molecule has 0 aliphatic carbocycles. The van der Waals surface area contributed by atoms with Crippen LogP contribution in [0.2, 0.25) is 0 Å². The average molecular weight is 272 g/mol. The lowest BCUT2D eigenvalue weighted by atomic mass is 10.3. The Morgan fingerprint density at radius 2 is 2.21 bits per heavy atom. The minimum atomic E-state index is 0.829. The van der Waals surface area contributed by atoms with E-state index in [0.29, 0.717) is 0 Å². The van der Waals surface area contributed by atoms with Crippen molar-refractivity contribution in [2.45, 2.75) is 20.0 Å². The minimum absolute atomic E-state index is 0.829. The fourth-order valence-corrected chi connectivity index (χ4v) is 2.77. The molecule has 0 aliphatic rings. The molecule has 0 fully saturated rings. The van der Waals surface area contributed by atoms with E-state index in [1.165, 1.54) is 5.52 Å². The molecule has 0 aliphatic heterocycles. The molecule has 2 aromatic heterocycles. The number of thiazole rings is 1. The van der Waals surface area contributed by atoms with Crippen LogP contribution in [0.1, 0.15) is 11.5 Å². The Morgan fingerprint density at radius 1 is 1.32 bits per heavy atom. The molecule has 0 amide bonds. The van der Waals surface area contributed by atoms with E-state index in [0.717, 1.165) is 36.7 Å². The summed E-state index contributed by atoms with van der Waals surface area (Å²) in [5, 5.41) is 5.49. The van der Waals surface area contributed by atoms with Crippen molar-refractivity contribution in [2.24, 2.45) is 0 Å². The third kappa shape index (κ3) is 2.67. The predicted molar refractivity (Wildman–Crippen MR) is 78.3 cm³/mol. The van der Waals surface area contributed by atoms with Gasteiger partial charge >= 0.3 is 0 Å². The molecular formula is C14H16N4S. The topological polar surface area (TPSA) is 42.7 Å². The number of aromatic nitrogens is 3. The molecule has 1 N–H and O–H groups in total. The number of benzene rings is 1. The summed E-state index contributed by atoms with van der Waals surface area (Å²) in [7, 11) is 0. The van der Waals surface area contributed by atoms with E-state index in [2.05, 4.69) is 50.4 Å². The first-order valence-electron chi connectivity index (χ1n) is 6.34. The van der Waals surface area contributed by atoms with Crippen LogP contribution in [0.25, 0.3) is 11.0 Å². The van der Waals surface area contributed by atoms with Crippen LogP contribution in [-0.4, -0.2) is 21.1 Å². The molecule has 0 saturated carbocycles. The van der Waals surface area contributed by atoms with E-state index in [9.17, 15) is 0 Å². The monoisotopic (exact) mass is 272 g/mol. The number of nitrogens with one attached hydrogen (secondary N) is 1. The maximum Gasteiger partial charge on any atom is 0.106 e. The third-order valence-corrected chi connectivity index (χ3v) is 3.78. The summed E-state index contributed by atoms with van der Waals surface area (Å²) in [5.74, 6) is 1.07. The van der Waals surface area contributed by atoms with Gasteiger partial charge in [-0.1, -0.05) is 12.1 Å². The molecule has 0 unspecified atom stereocenters. The predicted octanol–water partition coefficient (Wildman–Crippen LogP) is 2.59. The van der Waals surface area contributed by atoms with E-state index in [1.807, 2.05) is 11.6 Å². The van der Waals surface area contributed by atoms with Crippen molar-refractivity contribution in [3.8, 4) is 0 Å². The lowest BCUT2D eigenvalue weighted by molar-refractivity contribution is 0.593. The Balaban J connectivity index is 1.63. The lowest BCUT2D eigenvalue weighted by Crippen LogP contribution is -2.20. The van der Waals surface area contributed by atoms with Crippen LogP contribution in [0.3, 0.4) is 0 Å². The fourth-order valence-electron chi connectivity index (χ4n) is 2.21. The summed E-state index contributed by atoms with van der Waals surface area (Å²) in [6.45, 7) is 4.73. The van der Waals surface area contributed by atoms with Crippen LogP contribution < -0.4 is 5.32 Å². The number of para-hydroxylation sites is 2. The number of imidazole rings is 1. The molecule has 19 heavy (non-hydrogen) atoms. The van der Waals surface area contributed by atoms with Gasteiger partial charge in [0.15, 0.2) is 0 Å². The second-order valence-electron chi connectivity index (χ2n) is 4.46. The molecule has 3 aromatic rings. The molecule has 1 aromatic carbocycles. The van der Waals surface area contributed by atoms with Crippen molar-refractivity contribution < 1.29 is 0 Å². The first-order chi connectivity index (χ1) is 9.34. The zero-order valence-electron chi connectivity index (χ0n) is 10.8. The van der Waals surface area contributed by atoms with Crippen LogP contribution in [0, 0.1) is 6.92 Å². The Bertz CT molecular complexity index is 657. The molecular weight excluding hydrogens is 256 g/mol. The highest BCUT2D eigenvalue weighted by Gasteiger charge is 2.05. The van der Waals surface area contributed by atoms with Crippen molar-refractivity contribution in [2.75, 3.05) is 6.54 Å². The van der Waals surface area contributed by atoms with E-state index in [1.54, 1.807) is 11.3 Å². The van der Waals surface area contributed by atoms with Crippen molar-refractivity contribution in [3.05, 3.63) is 46.7 Å². The molecule has 0 radical (unpaired) electrons. The lowest BCUT2D eigenvalue weighted by Gasteiger charge is -2.07. The molecule has 0 bridgehead atoms. The van der Waals surface area contributed by atoms with Crippen LogP contribution in [0.4, 0.5) is 0 Å². The first-order valence-corrected chi connectivity index (χ1v) is 7.28. The SMILES string of the molecule is Cc1nc2ccccc2n1CCNCc1cscn1.